The van der Waals surface area contributed by atoms with E-state index in [0.717, 1.165) is 16.6 Å². The van der Waals surface area contributed by atoms with E-state index in [1.165, 1.54) is 6.26 Å². The SMILES string of the molecule is C[C@H](NC(=O)c1ccco1)c1nc(-c2ccc3ncn(C)c3c2)no1. The van der Waals surface area contributed by atoms with Gasteiger partial charge >= 0.3 is 0 Å². The number of nitrogens with zero attached hydrogens (tertiary/aromatic N) is 4. The molecule has 1 aromatic carbocycles. The van der Waals surface area contributed by atoms with E-state index >= 15 is 0 Å². The quantitative estimate of drug-likeness (QED) is 0.615. The number of fused-ring (bicyclic) bond motifs is 1. The number of rotatable bonds is 4. The van der Waals surface area contributed by atoms with Gasteiger partial charge in [-0.1, -0.05) is 5.16 Å². The van der Waals surface area contributed by atoms with Gasteiger partial charge in [0.05, 0.1) is 23.6 Å². The average molecular weight is 337 g/mol. The Balaban J connectivity index is 1.56. The summed E-state index contributed by atoms with van der Waals surface area (Å²) >= 11 is 0. The number of furan rings is 1. The third-order valence-electron chi connectivity index (χ3n) is 3.89. The molecule has 0 aliphatic carbocycles. The molecular formula is C17H15N5O3. The Bertz CT molecular complexity index is 1030. The first-order valence-electron chi connectivity index (χ1n) is 7.71. The highest BCUT2D eigenvalue weighted by Gasteiger charge is 2.19. The minimum Gasteiger partial charge on any atom is -0.459 e. The number of imidazole rings is 1. The Morgan fingerprint density at radius 3 is 3.00 bits per heavy atom. The molecule has 1 atom stereocenters. The van der Waals surface area contributed by atoms with Gasteiger partial charge in [0.1, 0.15) is 6.04 Å². The van der Waals surface area contributed by atoms with Crippen molar-refractivity contribution in [2.75, 3.05) is 0 Å². The molecule has 1 N–H and O–H groups in total. The first-order chi connectivity index (χ1) is 12.1. The molecule has 4 rings (SSSR count). The summed E-state index contributed by atoms with van der Waals surface area (Å²) in [4.78, 5) is 20.7. The van der Waals surface area contributed by atoms with Gasteiger partial charge < -0.3 is 18.8 Å². The zero-order chi connectivity index (χ0) is 17.4. The van der Waals surface area contributed by atoms with E-state index in [4.69, 9.17) is 8.94 Å². The molecule has 0 saturated heterocycles. The first-order valence-corrected chi connectivity index (χ1v) is 7.71. The van der Waals surface area contributed by atoms with Crippen molar-refractivity contribution in [3.8, 4) is 11.4 Å². The highest BCUT2D eigenvalue weighted by molar-refractivity contribution is 5.91. The fourth-order valence-electron chi connectivity index (χ4n) is 2.53. The predicted octanol–water partition coefficient (Wildman–Crippen LogP) is 2.71. The molecule has 3 heterocycles. The fraction of sp³-hybridized carbons (Fsp3) is 0.176. The topological polar surface area (TPSA) is 99.0 Å². The van der Waals surface area contributed by atoms with Crippen molar-refractivity contribution >= 4 is 16.9 Å². The summed E-state index contributed by atoms with van der Waals surface area (Å²) in [6.07, 6.45) is 3.20. The maximum absolute atomic E-state index is 12.0. The molecule has 8 heteroatoms. The molecule has 0 aliphatic heterocycles. The maximum Gasteiger partial charge on any atom is 0.287 e. The molecule has 4 aromatic rings. The lowest BCUT2D eigenvalue weighted by Gasteiger charge is -2.07. The molecule has 25 heavy (non-hydrogen) atoms. The molecule has 0 fully saturated rings. The van der Waals surface area contributed by atoms with Crippen LogP contribution in [-0.4, -0.2) is 25.6 Å². The minimum absolute atomic E-state index is 0.230. The third kappa shape index (κ3) is 2.78. The Morgan fingerprint density at radius 2 is 2.20 bits per heavy atom. The van der Waals surface area contributed by atoms with Crippen LogP contribution in [0.15, 0.2) is 51.9 Å². The molecule has 0 aliphatic rings. The second-order valence-corrected chi connectivity index (χ2v) is 5.69. The molecule has 0 radical (unpaired) electrons. The summed E-state index contributed by atoms with van der Waals surface area (Å²) in [6, 6.07) is 8.53. The zero-order valence-electron chi connectivity index (χ0n) is 13.6. The molecule has 0 saturated carbocycles. The number of amides is 1. The Kier molecular flexibility index (Phi) is 3.57. The van der Waals surface area contributed by atoms with Gasteiger partial charge in [-0.2, -0.15) is 4.98 Å². The minimum atomic E-state index is -0.445. The van der Waals surface area contributed by atoms with Crippen LogP contribution in [0.4, 0.5) is 0 Å². The number of benzene rings is 1. The predicted molar refractivity (Wildman–Crippen MR) is 88.6 cm³/mol. The summed E-state index contributed by atoms with van der Waals surface area (Å²) in [7, 11) is 1.92. The summed E-state index contributed by atoms with van der Waals surface area (Å²) in [5, 5.41) is 6.76. The Morgan fingerprint density at radius 1 is 1.32 bits per heavy atom. The smallest absolute Gasteiger partial charge is 0.287 e. The normalized spacial score (nSPS) is 12.4. The van der Waals surface area contributed by atoms with Gasteiger partial charge in [-0.25, -0.2) is 4.98 Å². The molecular weight excluding hydrogens is 322 g/mol. The first kappa shape index (κ1) is 15.1. The van der Waals surface area contributed by atoms with Crippen molar-refractivity contribution in [3.63, 3.8) is 0 Å². The van der Waals surface area contributed by atoms with E-state index in [0.29, 0.717) is 11.7 Å². The summed E-state index contributed by atoms with van der Waals surface area (Å²) in [5.74, 6) is 0.666. The van der Waals surface area contributed by atoms with Crippen LogP contribution >= 0.6 is 0 Å². The van der Waals surface area contributed by atoms with Crippen molar-refractivity contribution < 1.29 is 13.7 Å². The molecule has 0 spiro atoms. The van der Waals surface area contributed by atoms with Crippen LogP contribution in [-0.2, 0) is 7.05 Å². The van der Waals surface area contributed by atoms with Gasteiger partial charge in [-0.05, 0) is 37.3 Å². The van der Waals surface area contributed by atoms with Crippen molar-refractivity contribution in [2.45, 2.75) is 13.0 Å². The molecule has 3 aromatic heterocycles. The van der Waals surface area contributed by atoms with Crippen LogP contribution < -0.4 is 5.32 Å². The number of hydrogen-bond donors (Lipinski definition) is 1. The number of aryl methyl sites for hydroxylation is 1. The highest BCUT2D eigenvalue weighted by Crippen LogP contribution is 2.23. The molecule has 1 amide bonds. The third-order valence-corrected chi connectivity index (χ3v) is 3.89. The highest BCUT2D eigenvalue weighted by atomic mass is 16.5. The van der Waals surface area contributed by atoms with E-state index in [1.54, 1.807) is 25.4 Å². The average Bonchev–Trinajstić information content (AvgIpc) is 3.36. The molecule has 8 nitrogen and oxygen atoms in total. The van der Waals surface area contributed by atoms with Crippen LogP contribution in [0.25, 0.3) is 22.4 Å². The van der Waals surface area contributed by atoms with E-state index in [2.05, 4.69) is 20.4 Å². The van der Waals surface area contributed by atoms with E-state index in [1.807, 2.05) is 29.8 Å². The summed E-state index contributed by atoms with van der Waals surface area (Å²) < 4.78 is 12.3. The molecule has 0 bridgehead atoms. The second-order valence-electron chi connectivity index (χ2n) is 5.69. The van der Waals surface area contributed by atoms with Gasteiger partial charge in [-0.15, -0.1) is 0 Å². The Labute approximate surface area is 142 Å². The van der Waals surface area contributed by atoms with Crippen LogP contribution in [0.5, 0.6) is 0 Å². The van der Waals surface area contributed by atoms with E-state index in [-0.39, 0.29) is 11.7 Å². The fourth-order valence-corrected chi connectivity index (χ4v) is 2.53. The monoisotopic (exact) mass is 337 g/mol. The number of carbonyl (C=O) groups excluding carboxylic acids is 1. The van der Waals surface area contributed by atoms with Crippen molar-refractivity contribution in [1.82, 2.24) is 25.0 Å². The Hall–Kier alpha value is -3.42. The summed E-state index contributed by atoms with van der Waals surface area (Å²) in [5.41, 5.74) is 2.69. The lowest BCUT2D eigenvalue weighted by atomic mass is 10.2. The van der Waals surface area contributed by atoms with Gasteiger partial charge in [0.15, 0.2) is 5.76 Å². The van der Waals surface area contributed by atoms with Gasteiger partial charge in [0.25, 0.3) is 5.91 Å². The number of hydrogen-bond acceptors (Lipinski definition) is 6. The van der Waals surface area contributed by atoms with Crippen LogP contribution in [0, 0.1) is 0 Å². The van der Waals surface area contributed by atoms with Crippen molar-refractivity contribution in [2.24, 2.45) is 7.05 Å². The van der Waals surface area contributed by atoms with Crippen LogP contribution in [0.1, 0.15) is 29.4 Å². The lowest BCUT2D eigenvalue weighted by molar-refractivity contribution is 0.0904. The largest absolute Gasteiger partial charge is 0.459 e. The number of carbonyl (C=O) groups is 1. The van der Waals surface area contributed by atoms with Gasteiger partial charge in [0.2, 0.25) is 11.7 Å². The maximum atomic E-state index is 12.0. The summed E-state index contributed by atoms with van der Waals surface area (Å²) in [6.45, 7) is 1.77. The number of aromatic nitrogens is 4. The van der Waals surface area contributed by atoms with Crippen LogP contribution in [0.3, 0.4) is 0 Å². The van der Waals surface area contributed by atoms with E-state index < -0.39 is 6.04 Å². The van der Waals surface area contributed by atoms with Crippen LogP contribution in [0.2, 0.25) is 0 Å². The van der Waals surface area contributed by atoms with E-state index in [9.17, 15) is 4.79 Å². The number of nitrogens with one attached hydrogen (secondary N) is 1. The molecule has 0 unspecified atom stereocenters. The van der Waals surface area contributed by atoms with Crippen molar-refractivity contribution in [1.29, 1.82) is 0 Å². The van der Waals surface area contributed by atoms with Crippen molar-refractivity contribution in [3.05, 3.63) is 54.6 Å². The second kappa shape index (κ2) is 5.90. The lowest BCUT2D eigenvalue weighted by Crippen LogP contribution is -2.26. The zero-order valence-corrected chi connectivity index (χ0v) is 13.6. The standard InChI is InChI=1S/C17H15N5O3/c1-10(19-16(23)14-4-3-7-24-14)17-20-15(21-25-17)11-5-6-12-13(8-11)22(2)9-18-12/h3-10H,1-2H3,(H,19,23)/t10-/m0/s1. The van der Waals surface area contributed by atoms with Gasteiger partial charge in [0, 0.05) is 12.6 Å². The molecule has 126 valence electrons. The van der Waals surface area contributed by atoms with Gasteiger partial charge in [-0.3, -0.25) is 4.79 Å².